The van der Waals surface area contributed by atoms with Gasteiger partial charge in [-0.05, 0) is 0 Å². The van der Waals surface area contributed by atoms with E-state index in [2.05, 4.69) is 0 Å². The molecule has 0 saturated carbocycles. The normalized spacial score (nSPS) is 11.7. The van der Waals surface area contributed by atoms with Gasteiger partial charge in [-0.3, -0.25) is 0 Å². The van der Waals surface area contributed by atoms with Crippen molar-refractivity contribution >= 4 is 23.6 Å². The van der Waals surface area contributed by atoms with Crippen molar-refractivity contribution in [3.05, 3.63) is 91.0 Å². The van der Waals surface area contributed by atoms with Crippen LogP contribution in [0.1, 0.15) is 0 Å². The van der Waals surface area contributed by atoms with E-state index in [0.717, 1.165) is 5.30 Å². The number of rotatable bonds is 5. The number of hydrogen-bond acceptors (Lipinski definition) is 2. The molecule has 0 unspecified atom stereocenters. The van der Waals surface area contributed by atoms with Crippen LogP contribution in [0.3, 0.4) is 0 Å². The molecule has 22 heavy (non-hydrogen) atoms. The van der Waals surface area contributed by atoms with Crippen LogP contribution in [-0.4, -0.2) is 0 Å². The molecule has 0 aromatic heterocycles. The van der Waals surface area contributed by atoms with E-state index in [9.17, 15) is 0 Å². The van der Waals surface area contributed by atoms with E-state index < -0.39 is 7.07 Å². The maximum absolute atomic E-state index is 6.83. The molecule has 0 aliphatic rings. The van der Waals surface area contributed by atoms with Crippen LogP contribution < -0.4 is 14.4 Å². The number of hydrogen-bond donors (Lipinski definition) is 0. The molecule has 0 N–H and O–H groups in total. The average molecular weight is 331 g/mol. The van der Waals surface area contributed by atoms with Gasteiger partial charge in [-0.2, -0.15) is 0 Å². The van der Waals surface area contributed by atoms with Crippen molar-refractivity contribution in [2.75, 3.05) is 0 Å². The molecule has 3 rings (SSSR count). The molecule has 0 aliphatic heterocycles. The molecule has 0 radical (unpaired) electrons. The van der Waals surface area contributed by atoms with Crippen molar-refractivity contribution in [3.8, 4) is 11.5 Å². The maximum atomic E-state index is 6.83. The number of halogens is 1. The van der Waals surface area contributed by atoms with E-state index in [4.69, 9.17) is 20.3 Å². The zero-order chi connectivity index (χ0) is 15.3. The Morgan fingerprint density at radius 1 is 0.545 bits per heavy atom. The molecule has 0 atom stereocenters. The molecule has 3 aromatic rings. The molecule has 0 saturated heterocycles. The summed E-state index contributed by atoms with van der Waals surface area (Å²) in [5.74, 6) is 1.40. The van der Waals surface area contributed by atoms with Crippen LogP contribution in [0.25, 0.3) is 0 Å². The Morgan fingerprint density at radius 2 is 0.909 bits per heavy atom. The van der Waals surface area contributed by atoms with Crippen LogP contribution in [0.2, 0.25) is 0 Å². The Hall–Kier alpha value is -2.02. The average Bonchev–Trinajstić information content (AvgIpc) is 2.57. The fourth-order valence-corrected chi connectivity index (χ4v) is 4.72. The third-order valence-corrected chi connectivity index (χ3v) is 6.24. The van der Waals surface area contributed by atoms with E-state index in [1.807, 2.05) is 91.0 Å². The summed E-state index contributed by atoms with van der Waals surface area (Å²) < 4.78 is 12.1. The van der Waals surface area contributed by atoms with Gasteiger partial charge in [0.05, 0.1) is 0 Å². The Bertz CT molecular complexity index is 663. The molecule has 0 amide bonds. The van der Waals surface area contributed by atoms with Gasteiger partial charge in [0.15, 0.2) is 0 Å². The van der Waals surface area contributed by atoms with E-state index >= 15 is 0 Å². The minimum absolute atomic E-state index is 0.698. The fraction of sp³-hybridized carbons (Fsp3) is 0. The van der Waals surface area contributed by atoms with Gasteiger partial charge in [0, 0.05) is 0 Å². The van der Waals surface area contributed by atoms with Gasteiger partial charge >= 0.3 is 135 Å². The number of para-hydroxylation sites is 2. The van der Waals surface area contributed by atoms with Crippen molar-refractivity contribution in [2.45, 2.75) is 0 Å². The second-order valence-electron chi connectivity index (χ2n) is 4.73. The SMILES string of the molecule is Cl[PH](Oc1ccccc1)(Oc1ccccc1)c1ccccc1. The van der Waals surface area contributed by atoms with Crippen LogP contribution in [0, 0.1) is 0 Å². The summed E-state index contributed by atoms with van der Waals surface area (Å²) in [6, 6.07) is 28.7. The van der Waals surface area contributed by atoms with Gasteiger partial charge in [-0.1, -0.05) is 0 Å². The third-order valence-electron chi connectivity index (χ3n) is 3.10. The van der Waals surface area contributed by atoms with Crippen molar-refractivity contribution in [1.29, 1.82) is 0 Å². The predicted octanol–water partition coefficient (Wildman–Crippen LogP) is 5.20. The molecule has 0 spiro atoms. The van der Waals surface area contributed by atoms with Crippen LogP contribution in [-0.2, 0) is 0 Å². The second kappa shape index (κ2) is 6.83. The molecule has 4 heteroatoms. The van der Waals surface area contributed by atoms with Crippen molar-refractivity contribution in [3.63, 3.8) is 0 Å². The molecule has 3 aromatic carbocycles. The van der Waals surface area contributed by atoms with Crippen LogP contribution in [0.5, 0.6) is 11.5 Å². The molecule has 0 fully saturated rings. The first-order chi connectivity index (χ1) is 10.8. The van der Waals surface area contributed by atoms with Crippen molar-refractivity contribution in [2.24, 2.45) is 0 Å². The Labute approximate surface area is 135 Å². The monoisotopic (exact) mass is 330 g/mol. The summed E-state index contributed by atoms with van der Waals surface area (Å²) in [7, 11) is -3.13. The van der Waals surface area contributed by atoms with Crippen LogP contribution in [0.4, 0.5) is 0 Å². The first-order valence-corrected chi connectivity index (χ1v) is 9.82. The zero-order valence-electron chi connectivity index (χ0n) is 11.9. The summed E-state index contributed by atoms with van der Waals surface area (Å²) in [6.07, 6.45) is 0. The fourth-order valence-electron chi connectivity index (χ4n) is 2.06. The summed E-state index contributed by atoms with van der Waals surface area (Å²) in [5.41, 5.74) is 0. The van der Waals surface area contributed by atoms with Gasteiger partial charge in [0.2, 0.25) is 0 Å². The topological polar surface area (TPSA) is 18.5 Å². The standard InChI is InChI=1S/C18H16ClO2P/c19-22(18-14-8-3-9-15-18,20-16-10-4-1-5-11-16)21-17-12-6-2-7-13-17/h1-15,22H. The molecule has 0 bridgehead atoms. The Balaban J connectivity index is 1.95. The molecule has 112 valence electrons. The van der Waals surface area contributed by atoms with E-state index in [0.29, 0.717) is 11.5 Å². The van der Waals surface area contributed by atoms with Crippen molar-refractivity contribution < 1.29 is 9.05 Å². The minimum atomic E-state index is -3.13. The van der Waals surface area contributed by atoms with Gasteiger partial charge in [-0.15, -0.1) is 0 Å². The summed E-state index contributed by atoms with van der Waals surface area (Å²) in [4.78, 5) is 0. The van der Waals surface area contributed by atoms with Crippen LogP contribution >= 0.6 is 18.3 Å². The zero-order valence-corrected chi connectivity index (χ0v) is 13.6. The number of benzene rings is 3. The van der Waals surface area contributed by atoms with E-state index in [1.54, 1.807) is 0 Å². The summed E-state index contributed by atoms with van der Waals surface area (Å²) >= 11 is 6.83. The molecular formula is C18H16ClO2P. The quantitative estimate of drug-likeness (QED) is 0.598. The van der Waals surface area contributed by atoms with Crippen LogP contribution in [0.15, 0.2) is 91.0 Å². The Kier molecular flexibility index (Phi) is 4.62. The third kappa shape index (κ3) is 3.59. The first kappa shape index (κ1) is 14.9. The summed E-state index contributed by atoms with van der Waals surface area (Å²) in [5, 5.41) is 0.865. The van der Waals surface area contributed by atoms with Crippen molar-refractivity contribution in [1.82, 2.24) is 0 Å². The van der Waals surface area contributed by atoms with Gasteiger partial charge in [0.25, 0.3) is 0 Å². The first-order valence-electron chi connectivity index (χ1n) is 6.99. The molecular weight excluding hydrogens is 315 g/mol. The molecule has 0 aliphatic carbocycles. The van der Waals surface area contributed by atoms with E-state index in [1.165, 1.54) is 0 Å². The second-order valence-corrected chi connectivity index (χ2v) is 8.28. The van der Waals surface area contributed by atoms with Gasteiger partial charge in [0.1, 0.15) is 0 Å². The van der Waals surface area contributed by atoms with E-state index in [-0.39, 0.29) is 0 Å². The molecule has 2 nitrogen and oxygen atoms in total. The van der Waals surface area contributed by atoms with Gasteiger partial charge in [-0.25, -0.2) is 0 Å². The predicted molar refractivity (Wildman–Crippen MR) is 94.4 cm³/mol. The Morgan fingerprint density at radius 3 is 1.32 bits per heavy atom. The van der Waals surface area contributed by atoms with Gasteiger partial charge < -0.3 is 0 Å². The summed E-state index contributed by atoms with van der Waals surface area (Å²) in [6.45, 7) is 0. The molecule has 0 heterocycles.